The molecule has 1 saturated carbocycles. The lowest BCUT2D eigenvalue weighted by Gasteiger charge is -2.08. The highest BCUT2D eigenvalue weighted by Gasteiger charge is 2.21. The fourth-order valence-corrected chi connectivity index (χ4v) is 2.95. The number of pyridine rings is 1. The first kappa shape index (κ1) is 17.1. The molecular formula is C21H20N4O2. The number of phenols is 1. The van der Waals surface area contributed by atoms with Gasteiger partial charge in [0, 0.05) is 24.2 Å². The monoisotopic (exact) mass is 360 g/mol. The number of benzene rings is 1. The summed E-state index contributed by atoms with van der Waals surface area (Å²) in [5.41, 5.74) is 3.33. The third-order valence-electron chi connectivity index (χ3n) is 4.58. The van der Waals surface area contributed by atoms with Gasteiger partial charge in [0.15, 0.2) is 0 Å². The molecular weight excluding hydrogens is 340 g/mol. The molecule has 136 valence electrons. The number of aromatic nitrogens is 3. The third-order valence-corrected chi connectivity index (χ3v) is 4.58. The largest absolute Gasteiger partial charge is 0.508 e. The van der Waals surface area contributed by atoms with Crippen LogP contribution in [0.5, 0.6) is 5.75 Å². The molecule has 4 rings (SSSR count). The lowest BCUT2D eigenvalue weighted by Crippen LogP contribution is -2.13. The molecule has 0 atom stereocenters. The Morgan fingerprint density at radius 3 is 2.52 bits per heavy atom. The maximum atomic E-state index is 12.2. The quantitative estimate of drug-likeness (QED) is 0.723. The minimum Gasteiger partial charge on any atom is -0.508 e. The Hall–Kier alpha value is -3.28. The van der Waals surface area contributed by atoms with E-state index in [2.05, 4.69) is 26.3 Å². The fraction of sp³-hybridized carbons (Fsp3) is 0.238. The summed E-state index contributed by atoms with van der Waals surface area (Å²) in [6.45, 7) is 1.76. The van der Waals surface area contributed by atoms with Gasteiger partial charge in [-0.25, -0.2) is 15.0 Å². The predicted molar refractivity (Wildman–Crippen MR) is 102 cm³/mol. The van der Waals surface area contributed by atoms with Crippen molar-refractivity contribution in [2.45, 2.75) is 26.2 Å². The Balaban J connectivity index is 1.49. The zero-order valence-corrected chi connectivity index (χ0v) is 15.0. The minimum atomic E-state index is -0.306. The molecule has 0 spiro atoms. The van der Waals surface area contributed by atoms with Gasteiger partial charge in [-0.1, -0.05) is 6.07 Å². The number of amides is 1. The van der Waals surface area contributed by atoms with E-state index in [1.807, 2.05) is 12.1 Å². The highest BCUT2D eigenvalue weighted by molar-refractivity contribution is 6.03. The molecule has 1 aliphatic carbocycles. The molecule has 2 heterocycles. The van der Waals surface area contributed by atoms with Gasteiger partial charge in [0.05, 0.1) is 5.56 Å². The van der Waals surface area contributed by atoms with E-state index < -0.39 is 0 Å². The number of hydrogen-bond acceptors (Lipinski definition) is 5. The van der Waals surface area contributed by atoms with Crippen molar-refractivity contribution in [3.63, 3.8) is 0 Å². The van der Waals surface area contributed by atoms with Crippen LogP contribution in [0.15, 0.2) is 48.9 Å². The van der Waals surface area contributed by atoms with E-state index in [0.717, 1.165) is 29.0 Å². The van der Waals surface area contributed by atoms with Gasteiger partial charge in [0.25, 0.3) is 5.91 Å². The molecule has 1 amide bonds. The topological polar surface area (TPSA) is 88.0 Å². The molecule has 0 saturated heterocycles. The average Bonchev–Trinajstić information content (AvgIpc) is 3.46. The SMILES string of the molecule is Cc1ncc(C(=O)Nc2ccc(-c3cc(O)cc(CC4CC4)c3)cn2)cn1. The number of carbonyl (C=O) groups is 1. The van der Waals surface area contributed by atoms with Crippen LogP contribution in [0.3, 0.4) is 0 Å². The first-order valence-corrected chi connectivity index (χ1v) is 8.96. The standard InChI is InChI=1S/C21H20N4O2/c1-13-22-11-18(12-23-13)21(27)25-20-5-4-16(10-24-20)17-7-15(6-14-2-3-14)8-19(26)9-17/h4-5,7-12,14,26H,2-3,6H2,1H3,(H,24,25,27). The number of anilines is 1. The molecule has 0 bridgehead atoms. The lowest BCUT2D eigenvalue weighted by atomic mass is 10.0. The molecule has 1 aliphatic rings. The van der Waals surface area contributed by atoms with Crippen LogP contribution in [0.25, 0.3) is 11.1 Å². The van der Waals surface area contributed by atoms with E-state index in [9.17, 15) is 9.90 Å². The smallest absolute Gasteiger partial charge is 0.259 e. The van der Waals surface area contributed by atoms with E-state index in [0.29, 0.717) is 17.2 Å². The Morgan fingerprint density at radius 2 is 1.85 bits per heavy atom. The van der Waals surface area contributed by atoms with Gasteiger partial charge < -0.3 is 10.4 Å². The number of aryl methyl sites for hydroxylation is 1. The Kier molecular flexibility index (Phi) is 4.54. The van der Waals surface area contributed by atoms with E-state index >= 15 is 0 Å². The number of nitrogens with one attached hydrogen (secondary N) is 1. The summed E-state index contributed by atoms with van der Waals surface area (Å²) >= 11 is 0. The Labute approximate surface area is 157 Å². The van der Waals surface area contributed by atoms with E-state index in [1.165, 1.54) is 25.2 Å². The second kappa shape index (κ2) is 7.15. The second-order valence-corrected chi connectivity index (χ2v) is 6.94. The number of rotatable bonds is 5. The number of carbonyl (C=O) groups excluding carboxylic acids is 1. The summed E-state index contributed by atoms with van der Waals surface area (Å²) in [5, 5.41) is 12.8. The third kappa shape index (κ3) is 4.28. The summed E-state index contributed by atoms with van der Waals surface area (Å²) in [4.78, 5) is 24.6. The molecule has 0 unspecified atom stereocenters. The lowest BCUT2D eigenvalue weighted by molar-refractivity contribution is 0.102. The zero-order valence-electron chi connectivity index (χ0n) is 15.0. The van der Waals surface area contributed by atoms with E-state index in [4.69, 9.17) is 0 Å². The van der Waals surface area contributed by atoms with Crippen molar-refractivity contribution in [2.24, 2.45) is 5.92 Å². The van der Waals surface area contributed by atoms with Crippen molar-refractivity contribution >= 4 is 11.7 Å². The normalized spacial score (nSPS) is 13.4. The summed E-state index contributed by atoms with van der Waals surface area (Å²) < 4.78 is 0. The highest BCUT2D eigenvalue weighted by atomic mass is 16.3. The fourth-order valence-electron chi connectivity index (χ4n) is 2.95. The van der Waals surface area contributed by atoms with Crippen LogP contribution in [-0.4, -0.2) is 26.0 Å². The average molecular weight is 360 g/mol. The van der Waals surface area contributed by atoms with Gasteiger partial charge in [-0.05, 0) is 67.5 Å². The summed E-state index contributed by atoms with van der Waals surface area (Å²) in [7, 11) is 0. The first-order valence-electron chi connectivity index (χ1n) is 8.96. The second-order valence-electron chi connectivity index (χ2n) is 6.94. The number of hydrogen-bond donors (Lipinski definition) is 2. The zero-order chi connectivity index (χ0) is 18.8. The van der Waals surface area contributed by atoms with Gasteiger partial charge in [0.1, 0.15) is 17.4 Å². The predicted octanol–water partition coefficient (Wildman–Crippen LogP) is 3.76. The van der Waals surface area contributed by atoms with Crippen molar-refractivity contribution in [3.8, 4) is 16.9 Å². The summed E-state index contributed by atoms with van der Waals surface area (Å²) in [6, 6.07) is 9.27. The molecule has 27 heavy (non-hydrogen) atoms. The molecule has 2 aromatic heterocycles. The number of nitrogens with zero attached hydrogens (tertiary/aromatic N) is 3. The van der Waals surface area contributed by atoms with Gasteiger partial charge in [-0.15, -0.1) is 0 Å². The summed E-state index contributed by atoms with van der Waals surface area (Å²) in [5.74, 6) is 1.77. The number of phenolic OH excluding ortho intramolecular Hbond substituents is 1. The van der Waals surface area contributed by atoms with Crippen LogP contribution in [0.4, 0.5) is 5.82 Å². The van der Waals surface area contributed by atoms with Gasteiger partial charge >= 0.3 is 0 Å². The van der Waals surface area contributed by atoms with Crippen LogP contribution >= 0.6 is 0 Å². The van der Waals surface area contributed by atoms with Crippen LogP contribution < -0.4 is 5.32 Å². The van der Waals surface area contributed by atoms with Gasteiger partial charge in [-0.2, -0.15) is 0 Å². The maximum absolute atomic E-state index is 12.2. The summed E-state index contributed by atoms with van der Waals surface area (Å²) in [6.07, 6.45) is 8.21. The first-order chi connectivity index (χ1) is 13.1. The van der Waals surface area contributed by atoms with Crippen molar-refractivity contribution in [1.29, 1.82) is 0 Å². The van der Waals surface area contributed by atoms with Crippen molar-refractivity contribution in [2.75, 3.05) is 5.32 Å². The van der Waals surface area contributed by atoms with E-state index in [1.54, 1.807) is 25.3 Å². The number of aromatic hydroxyl groups is 1. The van der Waals surface area contributed by atoms with Crippen molar-refractivity contribution in [1.82, 2.24) is 15.0 Å². The van der Waals surface area contributed by atoms with Crippen molar-refractivity contribution in [3.05, 3.63) is 65.9 Å². The van der Waals surface area contributed by atoms with Crippen LogP contribution in [0.1, 0.15) is 34.6 Å². The molecule has 0 radical (unpaired) electrons. The van der Waals surface area contributed by atoms with Crippen LogP contribution in [-0.2, 0) is 6.42 Å². The Bertz CT molecular complexity index is 964. The minimum absolute atomic E-state index is 0.264. The van der Waals surface area contributed by atoms with Gasteiger partial charge in [-0.3, -0.25) is 4.79 Å². The molecule has 6 heteroatoms. The highest BCUT2D eigenvalue weighted by Crippen LogP contribution is 2.35. The van der Waals surface area contributed by atoms with Crippen molar-refractivity contribution < 1.29 is 9.90 Å². The van der Waals surface area contributed by atoms with Crippen LogP contribution in [0, 0.1) is 12.8 Å². The molecule has 2 N–H and O–H groups in total. The van der Waals surface area contributed by atoms with Gasteiger partial charge in [0.2, 0.25) is 0 Å². The Morgan fingerprint density at radius 1 is 1.07 bits per heavy atom. The molecule has 1 fully saturated rings. The van der Waals surface area contributed by atoms with Crippen LogP contribution in [0.2, 0.25) is 0 Å². The molecule has 1 aromatic carbocycles. The molecule has 3 aromatic rings. The molecule has 6 nitrogen and oxygen atoms in total. The molecule has 0 aliphatic heterocycles. The van der Waals surface area contributed by atoms with E-state index in [-0.39, 0.29) is 11.7 Å². The maximum Gasteiger partial charge on any atom is 0.259 e.